The summed E-state index contributed by atoms with van der Waals surface area (Å²) in [7, 11) is 0. The highest BCUT2D eigenvalue weighted by Crippen LogP contribution is 2.32. The predicted octanol–water partition coefficient (Wildman–Crippen LogP) is 1.32. The fourth-order valence-corrected chi connectivity index (χ4v) is 1.39. The summed E-state index contributed by atoms with van der Waals surface area (Å²) in [6.45, 7) is 2.07. The molecule has 80 valence electrons. The van der Waals surface area contributed by atoms with Crippen molar-refractivity contribution >= 4 is 16.5 Å². The van der Waals surface area contributed by atoms with Crippen molar-refractivity contribution in [3.05, 3.63) is 5.01 Å². The number of hydrogen-bond donors (Lipinski definition) is 2. The molecule has 0 aliphatic carbocycles. The minimum absolute atomic E-state index is 0.121. The topological polar surface area (TPSA) is 63.8 Å². The van der Waals surface area contributed by atoms with E-state index in [1.54, 1.807) is 6.92 Å². The molecule has 0 aliphatic rings. The molecule has 0 radical (unpaired) electrons. The molecule has 1 rings (SSSR count). The van der Waals surface area contributed by atoms with Crippen molar-refractivity contribution in [2.75, 3.05) is 11.9 Å². The quantitative estimate of drug-likeness (QED) is 0.815. The van der Waals surface area contributed by atoms with Crippen molar-refractivity contribution in [2.45, 2.75) is 19.1 Å². The number of hydrogen-bond acceptors (Lipinski definition) is 5. The van der Waals surface area contributed by atoms with Gasteiger partial charge in [0.25, 0.3) is 0 Å². The van der Waals surface area contributed by atoms with E-state index in [-0.39, 0.29) is 11.2 Å². The number of anilines is 1. The fraction of sp³-hybridized carbons (Fsp3) is 0.667. The van der Waals surface area contributed by atoms with Crippen LogP contribution in [-0.2, 0) is 6.18 Å². The first-order valence-corrected chi connectivity index (χ1v) is 4.62. The van der Waals surface area contributed by atoms with E-state index in [0.29, 0.717) is 17.9 Å². The molecule has 0 amide bonds. The normalized spacial score (nSPS) is 14.1. The Morgan fingerprint density at radius 1 is 1.50 bits per heavy atom. The zero-order valence-electron chi connectivity index (χ0n) is 7.30. The number of rotatable bonds is 3. The van der Waals surface area contributed by atoms with E-state index in [1.165, 1.54) is 0 Å². The lowest BCUT2D eigenvalue weighted by Gasteiger charge is -2.07. The van der Waals surface area contributed by atoms with Gasteiger partial charge in [0, 0.05) is 12.6 Å². The van der Waals surface area contributed by atoms with Crippen LogP contribution in [0, 0.1) is 0 Å². The number of nitrogens with one attached hydrogen (secondary N) is 1. The molecule has 3 N–H and O–H groups in total. The van der Waals surface area contributed by atoms with Gasteiger partial charge in [-0.05, 0) is 6.92 Å². The van der Waals surface area contributed by atoms with Gasteiger partial charge >= 0.3 is 6.18 Å². The molecular weight excluding hydrogens is 217 g/mol. The van der Waals surface area contributed by atoms with Crippen molar-refractivity contribution in [3.63, 3.8) is 0 Å². The number of halogens is 3. The van der Waals surface area contributed by atoms with Gasteiger partial charge in [0.1, 0.15) is 0 Å². The lowest BCUT2D eigenvalue weighted by atomic mass is 10.4. The third-order valence-corrected chi connectivity index (χ3v) is 2.29. The standard InChI is InChI=1S/C6H9F3N4S/c1-3(2-10)11-5-13-12-4(14-5)6(7,8)9/h3H,2,10H2,1H3,(H,11,13). The van der Waals surface area contributed by atoms with E-state index in [9.17, 15) is 13.2 Å². The molecular formula is C6H9F3N4S. The summed E-state index contributed by atoms with van der Waals surface area (Å²) >= 11 is 0.470. The zero-order valence-corrected chi connectivity index (χ0v) is 8.11. The van der Waals surface area contributed by atoms with Crippen LogP contribution >= 0.6 is 11.3 Å². The maximum absolute atomic E-state index is 12.1. The summed E-state index contributed by atoms with van der Waals surface area (Å²) in [5.41, 5.74) is 5.28. The van der Waals surface area contributed by atoms with Crippen LogP contribution in [0.4, 0.5) is 18.3 Å². The van der Waals surface area contributed by atoms with Gasteiger partial charge in [-0.3, -0.25) is 0 Å². The van der Waals surface area contributed by atoms with Crippen molar-refractivity contribution in [1.82, 2.24) is 10.2 Å². The van der Waals surface area contributed by atoms with E-state index >= 15 is 0 Å². The summed E-state index contributed by atoms with van der Waals surface area (Å²) in [5.74, 6) is 0. The van der Waals surface area contributed by atoms with Crippen LogP contribution in [0.1, 0.15) is 11.9 Å². The van der Waals surface area contributed by atoms with Gasteiger partial charge in [0.05, 0.1) is 0 Å². The molecule has 1 aromatic heterocycles. The van der Waals surface area contributed by atoms with E-state index in [4.69, 9.17) is 5.73 Å². The highest BCUT2D eigenvalue weighted by Gasteiger charge is 2.35. The maximum atomic E-state index is 12.1. The molecule has 0 aliphatic heterocycles. The minimum Gasteiger partial charge on any atom is -0.356 e. The molecule has 14 heavy (non-hydrogen) atoms. The van der Waals surface area contributed by atoms with Crippen LogP contribution in [0.3, 0.4) is 0 Å². The van der Waals surface area contributed by atoms with E-state index in [0.717, 1.165) is 0 Å². The number of aromatic nitrogens is 2. The smallest absolute Gasteiger partial charge is 0.356 e. The molecule has 0 saturated heterocycles. The second-order valence-electron chi connectivity index (χ2n) is 2.69. The van der Waals surface area contributed by atoms with Crippen LogP contribution in [0.15, 0.2) is 0 Å². The molecule has 1 aromatic rings. The molecule has 0 bridgehead atoms. The first-order valence-electron chi connectivity index (χ1n) is 3.80. The highest BCUT2D eigenvalue weighted by molar-refractivity contribution is 7.15. The Labute approximate surface area is 82.3 Å². The first kappa shape index (κ1) is 11.2. The third kappa shape index (κ3) is 2.81. The van der Waals surface area contributed by atoms with Crippen LogP contribution < -0.4 is 11.1 Å². The van der Waals surface area contributed by atoms with Crippen molar-refractivity contribution in [2.24, 2.45) is 5.73 Å². The van der Waals surface area contributed by atoms with Crippen LogP contribution in [0.2, 0.25) is 0 Å². The molecule has 0 saturated carbocycles. The molecule has 1 unspecified atom stereocenters. The third-order valence-electron chi connectivity index (χ3n) is 1.39. The van der Waals surface area contributed by atoms with Crippen LogP contribution in [0.25, 0.3) is 0 Å². The predicted molar refractivity (Wildman–Crippen MR) is 47.1 cm³/mol. The Morgan fingerprint density at radius 2 is 2.14 bits per heavy atom. The Kier molecular flexibility index (Phi) is 3.27. The Hall–Kier alpha value is -0.890. The first-order chi connectivity index (χ1) is 6.43. The lowest BCUT2D eigenvalue weighted by Crippen LogP contribution is -2.24. The summed E-state index contributed by atoms with van der Waals surface area (Å²) in [4.78, 5) is 0. The highest BCUT2D eigenvalue weighted by atomic mass is 32.1. The second-order valence-corrected chi connectivity index (χ2v) is 3.67. The van der Waals surface area contributed by atoms with E-state index in [2.05, 4.69) is 15.5 Å². The molecule has 4 nitrogen and oxygen atoms in total. The fourth-order valence-electron chi connectivity index (χ4n) is 0.666. The van der Waals surface area contributed by atoms with Crippen LogP contribution in [0.5, 0.6) is 0 Å². The Morgan fingerprint density at radius 3 is 2.57 bits per heavy atom. The van der Waals surface area contributed by atoms with Crippen LogP contribution in [-0.4, -0.2) is 22.8 Å². The van der Waals surface area contributed by atoms with E-state index in [1.807, 2.05) is 0 Å². The second kappa shape index (κ2) is 4.09. The lowest BCUT2D eigenvalue weighted by molar-refractivity contribution is -0.138. The number of nitrogens with two attached hydrogens (primary N) is 1. The van der Waals surface area contributed by atoms with Crippen molar-refractivity contribution in [1.29, 1.82) is 0 Å². The van der Waals surface area contributed by atoms with Gasteiger partial charge in [-0.25, -0.2) is 0 Å². The van der Waals surface area contributed by atoms with Gasteiger partial charge in [0.15, 0.2) is 0 Å². The Bertz CT molecular complexity index is 298. The van der Waals surface area contributed by atoms with Crippen molar-refractivity contribution < 1.29 is 13.2 Å². The maximum Gasteiger partial charge on any atom is 0.445 e. The van der Waals surface area contributed by atoms with Gasteiger partial charge in [-0.15, -0.1) is 10.2 Å². The van der Waals surface area contributed by atoms with E-state index < -0.39 is 11.2 Å². The molecule has 1 heterocycles. The monoisotopic (exact) mass is 226 g/mol. The van der Waals surface area contributed by atoms with Gasteiger partial charge in [-0.2, -0.15) is 13.2 Å². The summed E-state index contributed by atoms with van der Waals surface area (Å²) < 4.78 is 36.2. The zero-order chi connectivity index (χ0) is 10.8. The Balaban J connectivity index is 2.69. The van der Waals surface area contributed by atoms with Gasteiger partial charge in [0.2, 0.25) is 10.1 Å². The summed E-state index contributed by atoms with van der Waals surface area (Å²) in [5, 5.41) is 8.25. The molecule has 0 spiro atoms. The van der Waals surface area contributed by atoms with Gasteiger partial charge in [-0.1, -0.05) is 11.3 Å². The van der Waals surface area contributed by atoms with Gasteiger partial charge < -0.3 is 11.1 Å². The molecule has 0 fully saturated rings. The SMILES string of the molecule is CC(CN)Nc1nnc(C(F)(F)F)s1. The number of alkyl halides is 3. The average molecular weight is 226 g/mol. The molecule has 0 aromatic carbocycles. The minimum atomic E-state index is -4.43. The average Bonchev–Trinajstić information content (AvgIpc) is 2.51. The van der Waals surface area contributed by atoms with Crippen molar-refractivity contribution in [3.8, 4) is 0 Å². The molecule has 8 heteroatoms. The summed E-state index contributed by atoms with van der Waals surface area (Å²) in [6.07, 6.45) is -4.43. The largest absolute Gasteiger partial charge is 0.445 e. The number of nitrogens with zero attached hydrogens (tertiary/aromatic N) is 2. The summed E-state index contributed by atoms with van der Waals surface area (Å²) in [6, 6.07) is -0.121. The molecule has 1 atom stereocenters.